The third kappa shape index (κ3) is 5.03. The van der Waals surface area contributed by atoms with Gasteiger partial charge in [-0.25, -0.2) is 8.42 Å². The molecular formula is C19H19F2NO4S. The smallest absolute Gasteiger partial charge is 0.387 e. The fourth-order valence-corrected chi connectivity index (χ4v) is 4.87. The van der Waals surface area contributed by atoms with Crippen molar-refractivity contribution in [3.63, 3.8) is 0 Å². The number of carbonyl (C=O) groups excluding carboxylic acids is 1. The fourth-order valence-electron chi connectivity index (χ4n) is 3.14. The van der Waals surface area contributed by atoms with Gasteiger partial charge in [0, 0.05) is 18.2 Å². The molecule has 0 radical (unpaired) electrons. The molecule has 2 aromatic rings. The van der Waals surface area contributed by atoms with Crippen LogP contribution < -0.4 is 4.74 Å². The van der Waals surface area contributed by atoms with Crippen molar-refractivity contribution in [2.75, 3.05) is 11.5 Å². The maximum absolute atomic E-state index is 13.1. The van der Waals surface area contributed by atoms with Crippen molar-refractivity contribution in [3.8, 4) is 5.75 Å². The van der Waals surface area contributed by atoms with Crippen LogP contribution in [0, 0.1) is 0 Å². The summed E-state index contributed by atoms with van der Waals surface area (Å²) in [6.45, 7) is -2.75. The average molecular weight is 395 g/mol. The van der Waals surface area contributed by atoms with Crippen LogP contribution in [0.4, 0.5) is 8.78 Å². The summed E-state index contributed by atoms with van der Waals surface area (Å²) < 4.78 is 53.0. The van der Waals surface area contributed by atoms with Crippen LogP contribution in [-0.4, -0.2) is 43.4 Å². The Balaban J connectivity index is 1.88. The van der Waals surface area contributed by atoms with Gasteiger partial charge in [-0.3, -0.25) is 4.79 Å². The number of hydrogen-bond acceptors (Lipinski definition) is 4. The number of alkyl halides is 2. The molecule has 0 unspecified atom stereocenters. The minimum Gasteiger partial charge on any atom is -0.435 e. The lowest BCUT2D eigenvalue weighted by atomic mass is 10.1. The summed E-state index contributed by atoms with van der Waals surface area (Å²) in [5.41, 5.74) is 1.03. The molecule has 0 bridgehead atoms. The Labute approximate surface area is 156 Å². The van der Waals surface area contributed by atoms with Crippen molar-refractivity contribution in [1.82, 2.24) is 4.90 Å². The summed E-state index contributed by atoms with van der Waals surface area (Å²) in [5, 5.41) is 0. The van der Waals surface area contributed by atoms with Crippen molar-refractivity contribution in [1.29, 1.82) is 0 Å². The van der Waals surface area contributed by atoms with Gasteiger partial charge in [-0.15, -0.1) is 0 Å². The van der Waals surface area contributed by atoms with E-state index in [-0.39, 0.29) is 29.4 Å². The Morgan fingerprint density at radius 3 is 2.52 bits per heavy atom. The van der Waals surface area contributed by atoms with E-state index in [0.29, 0.717) is 6.42 Å². The maximum atomic E-state index is 13.1. The first kappa shape index (κ1) is 19.3. The number of amides is 1. The largest absolute Gasteiger partial charge is 0.435 e. The molecule has 144 valence electrons. The van der Waals surface area contributed by atoms with Crippen molar-refractivity contribution in [3.05, 3.63) is 65.7 Å². The van der Waals surface area contributed by atoms with E-state index >= 15 is 0 Å². The van der Waals surface area contributed by atoms with Gasteiger partial charge < -0.3 is 9.64 Å². The SMILES string of the molecule is O=C(c1cccc(OC(F)F)c1)N(Cc1ccccc1)[C@@H]1CCS(=O)(=O)C1. The van der Waals surface area contributed by atoms with E-state index in [1.165, 1.54) is 29.2 Å². The predicted molar refractivity (Wildman–Crippen MR) is 96.4 cm³/mol. The number of rotatable bonds is 6. The van der Waals surface area contributed by atoms with Crippen LogP contribution in [0.3, 0.4) is 0 Å². The Morgan fingerprint density at radius 2 is 1.89 bits per heavy atom. The first-order chi connectivity index (χ1) is 12.8. The predicted octanol–water partition coefficient (Wildman–Crippen LogP) is 3.12. The topological polar surface area (TPSA) is 63.7 Å². The minimum absolute atomic E-state index is 0.0325. The minimum atomic E-state index is -3.19. The maximum Gasteiger partial charge on any atom is 0.387 e. The van der Waals surface area contributed by atoms with Gasteiger partial charge in [-0.2, -0.15) is 8.78 Å². The molecule has 8 heteroatoms. The zero-order valence-electron chi connectivity index (χ0n) is 14.4. The van der Waals surface area contributed by atoms with Gasteiger partial charge in [0.05, 0.1) is 11.5 Å². The molecule has 0 aromatic heterocycles. The van der Waals surface area contributed by atoms with Crippen molar-refractivity contribution >= 4 is 15.7 Å². The Hall–Kier alpha value is -2.48. The van der Waals surface area contributed by atoms with Crippen molar-refractivity contribution in [2.24, 2.45) is 0 Å². The van der Waals surface area contributed by atoms with Crippen LogP contribution in [0.1, 0.15) is 22.3 Å². The van der Waals surface area contributed by atoms with Crippen LogP contribution in [0.2, 0.25) is 0 Å². The summed E-state index contributed by atoms with van der Waals surface area (Å²) in [6.07, 6.45) is 0.355. The first-order valence-corrected chi connectivity index (χ1v) is 10.3. The molecule has 0 aliphatic carbocycles. The van der Waals surface area contributed by atoms with Gasteiger partial charge in [0.1, 0.15) is 5.75 Å². The zero-order valence-corrected chi connectivity index (χ0v) is 15.2. The highest BCUT2D eigenvalue weighted by molar-refractivity contribution is 7.91. The van der Waals surface area contributed by atoms with Crippen LogP contribution in [0.5, 0.6) is 5.75 Å². The van der Waals surface area contributed by atoms with Gasteiger partial charge in [0.2, 0.25) is 0 Å². The molecule has 1 aliphatic heterocycles. The van der Waals surface area contributed by atoms with Crippen LogP contribution in [-0.2, 0) is 16.4 Å². The van der Waals surface area contributed by atoms with E-state index in [1.54, 1.807) is 0 Å². The first-order valence-electron chi connectivity index (χ1n) is 8.44. The molecule has 5 nitrogen and oxygen atoms in total. The molecule has 0 N–H and O–H groups in total. The molecule has 0 saturated carbocycles. The van der Waals surface area contributed by atoms with E-state index in [0.717, 1.165) is 5.56 Å². The summed E-state index contributed by atoms with van der Waals surface area (Å²) in [5.74, 6) is -0.598. The van der Waals surface area contributed by atoms with Crippen molar-refractivity contribution < 1.29 is 26.7 Å². The monoisotopic (exact) mass is 395 g/mol. The molecule has 1 saturated heterocycles. The average Bonchev–Trinajstić information content (AvgIpc) is 2.99. The van der Waals surface area contributed by atoms with Crippen molar-refractivity contribution in [2.45, 2.75) is 25.6 Å². The highest BCUT2D eigenvalue weighted by Crippen LogP contribution is 2.24. The number of sulfone groups is 1. The van der Waals surface area contributed by atoms with E-state index in [9.17, 15) is 22.0 Å². The van der Waals surface area contributed by atoms with E-state index in [2.05, 4.69) is 4.74 Å². The molecule has 1 aliphatic rings. The van der Waals surface area contributed by atoms with Gasteiger partial charge in [0.25, 0.3) is 5.91 Å². The summed E-state index contributed by atoms with van der Waals surface area (Å²) in [7, 11) is -3.19. The summed E-state index contributed by atoms with van der Waals surface area (Å²) in [4.78, 5) is 14.6. The normalized spacial score (nSPS) is 18.4. The third-order valence-corrected chi connectivity index (χ3v) is 6.16. The highest BCUT2D eigenvalue weighted by atomic mass is 32.2. The number of benzene rings is 2. The molecule has 27 heavy (non-hydrogen) atoms. The number of nitrogens with zero attached hydrogens (tertiary/aromatic N) is 1. The van der Waals surface area contributed by atoms with E-state index in [4.69, 9.17) is 0 Å². The molecule has 3 rings (SSSR count). The van der Waals surface area contributed by atoms with Crippen LogP contribution in [0.25, 0.3) is 0 Å². The number of halogens is 2. The molecule has 1 fully saturated rings. The van der Waals surface area contributed by atoms with Gasteiger partial charge in [-0.1, -0.05) is 36.4 Å². The summed E-state index contributed by atoms with van der Waals surface area (Å²) in [6, 6.07) is 14.3. The Kier molecular flexibility index (Phi) is 5.74. The molecule has 2 aromatic carbocycles. The fraction of sp³-hybridized carbons (Fsp3) is 0.316. The molecular weight excluding hydrogens is 376 g/mol. The molecule has 1 heterocycles. The number of hydrogen-bond donors (Lipinski definition) is 0. The molecule has 0 spiro atoms. The third-order valence-electron chi connectivity index (χ3n) is 4.41. The highest BCUT2D eigenvalue weighted by Gasteiger charge is 2.35. The standard InChI is InChI=1S/C19H19F2NO4S/c20-19(21)26-17-8-4-7-15(11-17)18(23)22(12-14-5-2-1-3-6-14)16-9-10-27(24,25)13-16/h1-8,11,16,19H,9-10,12-13H2/t16-/m1/s1. The lowest BCUT2D eigenvalue weighted by molar-refractivity contribution is -0.0499. The zero-order chi connectivity index (χ0) is 19.4. The second-order valence-electron chi connectivity index (χ2n) is 6.38. The quantitative estimate of drug-likeness (QED) is 0.754. The van der Waals surface area contributed by atoms with Crippen LogP contribution >= 0.6 is 0 Å². The van der Waals surface area contributed by atoms with E-state index < -0.39 is 28.4 Å². The van der Waals surface area contributed by atoms with Crippen LogP contribution in [0.15, 0.2) is 54.6 Å². The van der Waals surface area contributed by atoms with Gasteiger partial charge >= 0.3 is 6.61 Å². The second kappa shape index (κ2) is 8.04. The van der Waals surface area contributed by atoms with Gasteiger partial charge in [0.15, 0.2) is 9.84 Å². The van der Waals surface area contributed by atoms with Gasteiger partial charge in [-0.05, 0) is 30.2 Å². The Bertz CT molecular complexity index is 903. The molecule has 1 atom stereocenters. The lowest BCUT2D eigenvalue weighted by Gasteiger charge is -2.28. The molecule has 1 amide bonds. The van der Waals surface area contributed by atoms with E-state index in [1.807, 2.05) is 30.3 Å². The Morgan fingerprint density at radius 1 is 1.15 bits per heavy atom. The lowest BCUT2D eigenvalue weighted by Crippen LogP contribution is -2.40. The second-order valence-corrected chi connectivity index (χ2v) is 8.61. The number of carbonyl (C=O) groups is 1. The number of ether oxygens (including phenoxy) is 1. The summed E-state index contributed by atoms with van der Waals surface area (Å²) >= 11 is 0.